The van der Waals surface area contributed by atoms with Gasteiger partial charge in [0.2, 0.25) is 5.91 Å². The summed E-state index contributed by atoms with van der Waals surface area (Å²) >= 11 is 0. The van der Waals surface area contributed by atoms with Gasteiger partial charge in [-0.15, -0.1) is 12.4 Å². The van der Waals surface area contributed by atoms with Gasteiger partial charge in [-0.2, -0.15) is 0 Å². The monoisotopic (exact) mass is 272 g/mol. The van der Waals surface area contributed by atoms with Gasteiger partial charge in [-0.25, -0.2) is 4.39 Å². The van der Waals surface area contributed by atoms with Crippen molar-refractivity contribution >= 4 is 18.3 Å². The highest BCUT2D eigenvalue weighted by Crippen LogP contribution is 2.08. The van der Waals surface area contributed by atoms with Crippen LogP contribution in [0.25, 0.3) is 0 Å². The standard InChI is InChI=1S/C13H17FN2O.ClH/c14-12-6-2-1-4-10(12)8-13(17)16-11-5-3-7-15-9-11;/h1-2,4,6,11,15H,3,5,7-9H2,(H,16,17);1H. The molecule has 0 radical (unpaired) electrons. The minimum atomic E-state index is -0.315. The van der Waals surface area contributed by atoms with E-state index in [0.29, 0.717) is 5.56 Å². The summed E-state index contributed by atoms with van der Waals surface area (Å²) in [5, 5.41) is 6.15. The highest BCUT2D eigenvalue weighted by atomic mass is 35.5. The van der Waals surface area contributed by atoms with Crippen molar-refractivity contribution in [3.63, 3.8) is 0 Å². The van der Waals surface area contributed by atoms with Crippen LogP contribution in [0, 0.1) is 5.82 Å². The number of hydrogen-bond donors (Lipinski definition) is 2. The largest absolute Gasteiger partial charge is 0.352 e. The van der Waals surface area contributed by atoms with Gasteiger partial charge in [-0.05, 0) is 31.0 Å². The zero-order valence-corrected chi connectivity index (χ0v) is 10.9. The Hall–Kier alpha value is -1.13. The summed E-state index contributed by atoms with van der Waals surface area (Å²) in [6.45, 7) is 1.82. The number of benzene rings is 1. The first-order chi connectivity index (χ1) is 8.25. The Kier molecular flexibility index (Phi) is 6.09. The molecule has 100 valence electrons. The van der Waals surface area contributed by atoms with E-state index in [1.165, 1.54) is 6.07 Å². The van der Waals surface area contributed by atoms with Crippen molar-refractivity contribution in [3.05, 3.63) is 35.6 Å². The quantitative estimate of drug-likeness (QED) is 0.879. The predicted molar refractivity (Wildman–Crippen MR) is 71.4 cm³/mol. The zero-order valence-electron chi connectivity index (χ0n) is 10.1. The van der Waals surface area contributed by atoms with Gasteiger partial charge in [0.15, 0.2) is 0 Å². The minimum absolute atomic E-state index is 0. The zero-order chi connectivity index (χ0) is 12.1. The molecule has 1 amide bonds. The Morgan fingerprint density at radius 1 is 1.44 bits per heavy atom. The normalized spacial score (nSPS) is 18.8. The molecule has 1 saturated heterocycles. The van der Waals surface area contributed by atoms with Gasteiger partial charge in [0, 0.05) is 12.6 Å². The molecule has 5 heteroatoms. The lowest BCUT2D eigenvalue weighted by atomic mass is 10.1. The third kappa shape index (κ3) is 4.27. The molecule has 0 saturated carbocycles. The van der Waals surface area contributed by atoms with Crippen LogP contribution in [-0.4, -0.2) is 25.0 Å². The fourth-order valence-electron chi connectivity index (χ4n) is 2.07. The number of hydrogen-bond acceptors (Lipinski definition) is 2. The van der Waals surface area contributed by atoms with Crippen LogP contribution in [0.2, 0.25) is 0 Å². The van der Waals surface area contributed by atoms with Crippen LogP contribution in [0.15, 0.2) is 24.3 Å². The number of nitrogens with one attached hydrogen (secondary N) is 2. The molecule has 2 N–H and O–H groups in total. The van der Waals surface area contributed by atoms with E-state index in [1.807, 2.05) is 0 Å². The van der Waals surface area contributed by atoms with Crippen LogP contribution in [0.5, 0.6) is 0 Å². The lowest BCUT2D eigenvalue weighted by Crippen LogP contribution is -2.46. The average Bonchev–Trinajstić information content (AvgIpc) is 2.33. The third-order valence-corrected chi connectivity index (χ3v) is 2.97. The van der Waals surface area contributed by atoms with Crippen molar-refractivity contribution in [1.82, 2.24) is 10.6 Å². The molecule has 1 aliphatic heterocycles. The maximum Gasteiger partial charge on any atom is 0.224 e. The SMILES string of the molecule is Cl.O=C(Cc1ccccc1F)NC1CCCNC1. The van der Waals surface area contributed by atoms with Crippen LogP contribution >= 0.6 is 12.4 Å². The van der Waals surface area contributed by atoms with Crippen LogP contribution in [0.4, 0.5) is 4.39 Å². The van der Waals surface area contributed by atoms with E-state index >= 15 is 0 Å². The molecule has 1 heterocycles. The number of carbonyl (C=O) groups is 1. The molecule has 1 atom stereocenters. The highest BCUT2D eigenvalue weighted by Gasteiger charge is 2.16. The van der Waals surface area contributed by atoms with Gasteiger partial charge >= 0.3 is 0 Å². The van der Waals surface area contributed by atoms with Crippen molar-refractivity contribution < 1.29 is 9.18 Å². The second-order valence-electron chi connectivity index (χ2n) is 4.38. The number of halogens is 2. The van der Waals surface area contributed by atoms with Crippen molar-refractivity contribution in [2.75, 3.05) is 13.1 Å². The number of amides is 1. The van der Waals surface area contributed by atoms with E-state index in [2.05, 4.69) is 10.6 Å². The fourth-order valence-corrected chi connectivity index (χ4v) is 2.07. The molecule has 0 bridgehead atoms. The summed E-state index contributed by atoms with van der Waals surface area (Å²) < 4.78 is 13.3. The van der Waals surface area contributed by atoms with Gasteiger partial charge < -0.3 is 10.6 Å². The van der Waals surface area contributed by atoms with E-state index in [9.17, 15) is 9.18 Å². The average molecular weight is 273 g/mol. The molecule has 1 fully saturated rings. The van der Waals surface area contributed by atoms with Gasteiger partial charge in [0.05, 0.1) is 6.42 Å². The molecular weight excluding hydrogens is 255 g/mol. The van der Waals surface area contributed by atoms with Gasteiger partial charge in [0.25, 0.3) is 0 Å². The van der Waals surface area contributed by atoms with E-state index in [1.54, 1.807) is 18.2 Å². The lowest BCUT2D eigenvalue weighted by molar-refractivity contribution is -0.121. The number of carbonyl (C=O) groups excluding carboxylic acids is 1. The van der Waals surface area contributed by atoms with Crippen LogP contribution in [0.3, 0.4) is 0 Å². The van der Waals surface area contributed by atoms with E-state index in [0.717, 1.165) is 25.9 Å². The van der Waals surface area contributed by atoms with Crippen molar-refractivity contribution in [2.24, 2.45) is 0 Å². The first-order valence-corrected chi connectivity index (χ1v) is 5.99. The number of piperidine rings is 1. The molecule has 0 aromatic heterocycles. The summed E-state index contributed by atoms with van der Waals surface area (Å²) in [4.78, 5) is 11.7. The molecule has 0 aliphatic carbocycles. The first-order valence-electron chi connectivity index (χ1n) is 5.99. The summed E-state index contributed by atoms with van der Waals surface area (Å²) in [5.41, 5.74) is 0.453. The maximum absolute atomic E-state index is 13.3. The third-order valence-electron chi connectivity index (χ3n) is 2.97. The van der Waals surface area contributed by atoms with Gasteiger partial charge in [-0.1, -0.05) is 18.2 Å². The predicted octanol–water partition coefficient (Wildman–Crippen LogP) is 1.66. The van der Waals surface area contributed by atoms with Crippen LogP contribution < -0.4 is 10.6 Å². The smallest absolute Gasteiger partial charge is 0.224 e. The molecule has 2 rings (SSSR count). The van der Waals surface area contributed by atoms with Gasteiger partial charge in [-0.3, -0.25) is 4.79 Å². The van der Waals surface area contributed by atoms with Crippen molar-refractivity contribution in [2.45, 2.75) is 25.3 Å². The molecule has 18 heavy (non-hydrogen) atoms. The minimum Gasteiger partial charge on any atom is -0.352 e. The van der Waals surface area contributed by atoms with E-state index in [-0.39, 0.29) is 36.6 Å². The Bertz CT molecular complexity index is 394. The summed E-state index contributed by atoms with van der Waals surface area (Å²) in [6, 6.07) is 6.58. The summed E-state index contributed by atoms with van der Waals surface area (Å²) in [6.07, 6.45) is 2.18. The van der Waals surface area contributed by atoms with Gasteiger partial charge in [0.1, 0.15) is 5.82 Å². The highest BCUT2D eigenvalue weighted by molar-refractivity contribution is 5.85. The Morgan fingerprint density at radius 3 is 2.89 bits per heavy atom. The van der Waals surface area contributed by atoms with Crippen LogP contribution in [0.1, 0.15) is 18.4 Å². The Morgan fingerprint density at radius 2 is 2.22 bits per heavy atom. The molecule has 1 aromatic carbocycles. The van der Waals surface area contributed by atoms with E-state index < -0.39 is 0 Å². The lowest BCUT2D eigenvalue weighted by Gasteiger charge is -2.23. The first kappa shape index (κ1) is 14.9. The molecule has 1 aliphatic rings. The molecule has 0 spiro atoms. The summed E-state index contributed by atoms with van der Waals surface area (Å²) in [5.74, 6) is -0.423. The van der Waals surface area contributed by atoms with E-state index in [4.69, 9.17) is 0 Å². The maximum atomic E-state index is 13.3. The second kappa shape index (κ2) is 7.34. The molecule has 3 nitrogen and oxygen atoms in total. The van der Waals surface area contributed by atoms with Crippen molar-refractivity contribution in [3.8, 4) is 0 Å². The summed E-state index contributed by atoms with van der Waals surface area (Å²) in [7, 11) is 0. The second-order valence-corrected chi connectivity index (χ2v) is 4.38. The van der Waals surface area contributed by atoms with Crippen LogP contribution in [-0.2, 0) is 11.2 Å². The number of rotatable bonds is 3. The fraction of sp³-hybridized carbons (Fsp3) is 0.462. The molecule has 1 aromatic rings. The van der Waals surface area contributed by atoms with Crippen molar-refractivity contribution in [1.29, 1.82) is 0 Å². The molecule has 1 unspecified atom stereocenters. The Balaban J connectivity index is 0.00000162. The molecular formula is C13H18ClFN2O. The topological polar surface area (TPSA) is 41.1 Å². The Labute approximate surface area is 113 Å².